The molecule has 1 unspecified atom stereocenters. The molecule has 0 aromatic carbocycles. The molecule has 30 heavy (non-hydrogen) atoms. The van der Waals surface area contributed by atoms with Crippen molar-refractivity contribution >= 4 is 17.3 Å². The van der Waals surface area contributed by atoms with Crippen molar-refractivity contribution in [3.05, 3.63) is 39.0 Å². The van der Waals surface area contributed by atoms with E-state index in [2.05, 4.69) is 15.2 Å². The third-order valence-electron chi connectivity index (χ3n) is 5.72. The first-order valence-corrected chi connectivity index (χ1v) is 10.5. The molecule has 4 heterocycles. The first-order chi connectivity index (χ1) is 14.2. The highest BCUT2D eigenvalue weighted by Crippen LogP contribution is 2.24. The molecule has 0 saturated carbocycles. The lowest BCUT2D eigenvalue weighted by Crippen LogP contribution is -2.46. The number of nitrogens with one attached hydrogen (secondary N) is 1. The van der Waals surface area contributed by atoms with Crippen LogP contribution in [0.15, 0.2) is 27.9 Å². The minimum absolute atomic E-state index is 0.00791. The van der Waals surface area contributed by atoms with Crippen LogP contribution in [0.3, 0.4) is 0 Å². The van der Waals surface area contributed by atoms with Crippen molar-refractivity contribution < 1.29 is 9.53 Å². The standard InChI is InChI=1S/C21H29N5O4/c1-21(2,3)23-20(29)30-15-7-9-24(10-8-15)13-14-6-11-25-17(27)5-4-16-19(25)26(14)18(28)12-22-16/h4-5,12,14-15H,6-11,13H2,1-3H3,(H,23,29). The Balaban J connectivity index is 1.43. The molecule has 2 aromatic rings. The molecule has 0 bridgehead atoms. The molecule has 162 valence electrons. The van der Waals surface area contributed by atoms with Crippen LogP contribution >= 0.6 is 0 Å². The van der Waals surface area contributed by atoms with Crippen LogP contribution in [-0.4, -0.2) is 56.4 Å². The van der Waals surface area contributed by atoms with Gasteiger partial charge in [0.05, 0.1) is 12.2 Å². The normalized spacial score (nSPS) is 20.3. The van der Waals surface area contributed by atoms with E-state index in [1.54, 1.807) is 15.2 Å². The van der Waals surface area contributed by atoms with E-state index in [0.29, 0.717) is 17.7 Å². The molecule has 0 radical (unpaired) electrons. The van der Waals surface area contributed by atoms with Crippen molar-refractivity contribution in [2.45, 2.75) is 64.3 Å². The van der Waals surface area contributed by atoms with E-state index in [-0.39, 0.29) is 34.9 Å². The second-order valence-electron chi connectivity index (χ2n) is 9.22. The quantitative estimate of drug-likeness (QED) is 0.816. The van der Waals surface area contributed by atoms with Gasteiger partial charge in [-0.2, -0.15) is 0 Å². The Hall–Kier alpha value is -2.68. The van der Waals surface area contributed by atoms with E-state index >= 15 is 0 Å². The van der Waals surface area contributed by atoms with Crippen LogP contribution in [0, 0.1) is 0 Å². The fraction of sp³-hybridized carbons (Fsp3) is 0.619. The number of aryl methyl sites for hydroxylation is 1. The molecule has 0 aliphatic carbocycles. The number of nitrogens with zero attached hydrogens (tertiary/aromatic N) is 4. The molecule has 4 rings (SSSR count). The van der Waals surface area contributed by atoms with Gasteiger partial charge in [0.15, 0.2) is 0 Å². The molecule has 2 aromatic heterocycles. The largest absolute Gasteiger partial charge is 0.446 e. The van der Waals surface area contributed by atoms with E-state index in [1.165, 1.54) is 12.3 Å². The fourth-order valence-electron chi connectivity index (χ4n) is 4.35. The summed E-state index contributed by atoms with van der Waals surface area (Å²) in [6.45, 7) is 8.67. The van der Waals surface area contributed by atoms with Gasteiger partial charge in [-0.15, -0.1) is 0 Å². The summed E-state index contributed by atoms with van der Waals surface area (Å²) in [6, 6.07) is 3.18. The minimum atomic E-state index is -0.374. The Morgan fingerprint density at radius 3 is 2.57 bits per heavy atom. The van der Waals surface area contributed by atoms with Crippen LogP contribution in [0.2, 0.25) is 0 Å². The lowest BCUT2D eigenvalue weighted by molar-refractivity contribution is 0.0427. The predicted octanol–water partition coefficient (Wildman–Crippen LogP) is 1.49. The summed E-state index contributed by atoms with van der Waals surface area (Å²) < 4.78 is 8.93. The molecule has 9 nitrogen and oxygen atoms in total. The summed E-state index contributed by atoms with van der Waals surface area (Å²) >= 11 is 0. The van der Waals surface area contributed by atoms with Crippen LogP contribution in [0.4, 0.5) is 4.79 Å². The van der Waals surface area contributed by atoms with E-state index in [4.69, 9.17) is 4.74 Å². The zero-order chi connectivity index (χ0) is 21.5. The molecule has 2 aliphatic heterocycles. The van der Waals surface area contributed by atoms with E-state index in [1.807, 2.05) is 20.8 Å². The van der Waals surface area contributed by atoms with Gasteiger partial charge in [0.2, 0.25) is 0 Å². The van der Waals surface area contributed by atoms with Gasteiger partial charge in [0.1, 0.15) is 17.3 Å². The summed E-state index contributed by atoms with van der Waals surface area (Å²) in [5.41, 5.74) is 0.677. The number of alkyl carbamates (subject to hydrolysis) is 1. The number of aromatic nitrogens is 3. The van der Waals surface area contributed by atoms with Crippen molar-refractivity contribution in [2.24, 2.45) is 0 Å². The number of ether oxygens (including phenoxy) is 1. The van der Waals surface area contributed by atoms with Crippen LogP contribution in [0.25, 0.3) is 11.2 Å². The Morgan fingerprint density at radius 2 is 1.87 bits per heavy atom. The summed E-state index contributed by atoms with van der Waals surface area (Å²) in [5.74, 6) is 0. The summed E-state index contributed by atoms with van der Waals surface area (Å²) in [7, 11) is 0. The average Bonchev–Trinajstić information content (AvgIpc) is 2.67. The van der Waals surface area contributed by atoms with Crippen LogP contribution in [-0.2, 0) is 11.3 Å². The average molecular weight is 415 g/mol. The van der Waals surface area contributed by atoms with Gasteiger partial charge in [-0.25, -0.2) is 9.78 Å². The topological polar surface area (TPSA) is 98.5 Å². The first kappa shape index (κ1) is 20.6. The van der Waals surface area contributed by atoms with Crippen LogP contribution < -0.4 is 16.4 Å². The Kier molecular flexibility index (Phi) is 5.40. The van der Waals surface area contributed by atoms with E-state index < -0.39 is 0 Å². The smallest absolute Gasteiger partial charge is 0.407 e. The van der Waals surface area contributed by atoms with Gasteiger partial charge in [0.25, 0.3) is 11.1 Å². The molecule has 1 fully saturated rings. The summed E-state index contributed by atoms with van der Waals surface area (Å²) in [4.78, 5) is 43.3. The number of rotatable bonds is 3. The minimum Gasteiger partial charge on any atom is -0.446 e. The Morgan fingerprint density at radius 1 is 1.13 bits per heavy atom. The molecular formula is C21H29N5O4. The van der Waals surface area contributed by atoms with Gasteiger partial charge in [0, 0.05) is 37.8 Å². The van der Waals surface area contributed by atoms with Crippen molar-refractivity contribution in [3.63, 3.8) is 0 Å². The van der Waals surface area contributed by atoms with Gasteiger partial charge < -0.3 is 15.0 Å². The van der Waals surface area contributed by atoms with Crippen molar-refractivity contribution in [1.29, 1.82) is 0 Å². The van der Waals surface area contributed by atoms with Crippen molar-refractivity contribution in [2.75, 3.05) is 19.6 Å². The molecule has 2 aliphatic rings. The molecular weight excluding hydrogens is 386 g/mol. The second-order valence-corrected chi connectivity index (χ2v) is 9.22. The maximum Gasteiger partial charge on any atom is 0.407 e. The zero-order valence-electron chi connectivity index (χ0n) is 17.8. The van der Waals surface area contributed by atoms with Gasteiger partial charge in [-0.05, 0) is 46.1 Å². The molecule has 1 amide bonds. The highest BCUT2D eigenvalue weighted by atomic mass is 16.6. The highest BCUT2D eigenvalue weighted by molar-refractivity contribution is 5.70. The number of piperidine rings is 1. The SMILES string of the molecule is CC(C)(C)NC(=O)OC1CCN(CC2CCn3c(=O)ccc4ncc(=O)n2c43)CC1. The van der Waals surface area contributed by atoms with Crippen LogP contribution in [0.1, 0.15) is 46.1 Å². The summed E-state index contributed by atoms with van der Waals surface area (Å²) in [5, 5.41) is 2.83. The summed E-state index contributed by atoms with van der Waals surface area (Å²) in [6.07, 6.45) is 3.12. The highest BCUT2D eigenvalue weighted by Gasteiger charge is 2.29. The predicted molar refractivity (Wildman–Crippen MR) is 113 cm³/mol. The van der Waals surface area contributed by atoms with Gasteiger partial charge in [-0.1, -0.05) is 0 Å². The molecule has 1 N–H and O–H groups in total. The fourth-order valence-corrected chi connectivity index (χ4v) is 4.35. The molecule has 1 atom stereocenters. The number of carbonyl (C=O) groups is 1. The third kappa shape index (κ3) is 4.26. The number of hydrogen-bond donors (Lipinski definition) is 1. The number of pyridine rings is 1. The van der Waals surface area contributed by atoms with E-state index in [0.717, 1.165) is 38.9 Å². The zero-order valence-corrected chi connectivity index (χ0v) is 17.8. The molecule has 0 spiro atoms. The third-order valence-corrected chi connectivity index (χ3v) is 5.72. The van der Waals surface area contributed by atoms with Gasteiger partial charge in [-0.3, -0.25) is 18.7 Å². The Labute approximate surface area is 174 Å². The first-order valence-electron chi connectivity index (χ1n) is 10.5. The Bertz CT molecular complexity index is 1050. The second kappa shape index (κ2) is 7.86. The molecule has 9 heteroatoms. The monoisotopic (exact) mass is 415 g/mol. The molecule has 1 saturated heterocycles. The van der Waals surface area contributed by atoms with Crippen LogP contribution in [0.5, 0.6) is 0 Å². The maximum absolute atomic E-state index is 12.6. The van der Waals surface area contributed by atoms with Crippen molar-refractivity contribution in [3.8, 4) is 0 Å². The van der Waals surface area contributed by atoms with Crippen molar-refractivity contribution in [1.82, 2.24) is 24.3 Å². The lowest BCUT2D eigenvalue weighted by atomic mass is 10.0. The number of hydrogen-bond acceptors (Lipinski definition) is 6. The van der Waals surface area contributed by atoms with E-state index in [9.17, 15) is 14.4 Å². The van der Waals surface area contributed by atoms with Gasteiger partial charge >= 0.3 is 6.09 Å². The maximum atomic E-state index is 12.6. The number of carbonyl (C=O) groups excluding carboxylic acids is 1. The lowest BCUT2D eigenvalue weighted by Gasteiger charge is -2.36. The number of likely N-dealkylation sites (tertiary alicyclic amines) is 1. The number of amides is 1.